The monoisotopic (exact) mass is 330 g/mol. The number of rotatable bonds is 5. The Morgan fingerprint density at radius 2 is 2.00 bits per heavy atom. The minimum atomic E-state index is -0.752. The number of carbonyl (C=O) groups excluding carboxylic acids is 2. The number of hydrogen-bond donors (Lipinski definition) is 2. The first kappa shape index (κ1) is 17.0. The Balaban J connectivity index is 1.64. The average Bonchev–Trinajstić information content (AvgIpc) is 3.13. The van der Waals surface area contributed by atoms with Gasteiger partial charge in [-0.15, -0.1) is 0 Å². The Labute approximate surface area is 143 Å². The van der Waals surface area contributed by atoms with E-state index < -0.39 is 5.60 Å². The molecule has 0 bridgehead atoms. The first-order chi connectivity index (χ1) is 11.4. The second-order valence-corrected chi connectivity index (χ2v) is 7.48. The van der Waals surface area contributed by atoms with Crippen molar-refractivity contribution in [1.29, 1.82) is 0 Å². The summed E-state index contributed by atoms with van der Waals surface area (Å²) >= 11 is 0. The van der Waals surface area contributed by atoms with E-state index in [1.807, 2.05) is 0 Å². The molecule has 2 N–H and O–H groups in total. The van der Waals surface area contributed by atoms with E-state index >= 15 is 0 Å². The molecule has 5 nitrogen and oxygen atoms in total. The van der Waals surface area contributed by atoms with Crippen molar-refractivity contribution in [3.8, 4) is 0 Å². The summed E-state index contributed by atoms with van der Waals surface area (Å²) in [4.78, 5) is 26.2. The molecule has 2 amide bonds. The molecule has 3 rings (SSSR count). The van der Waals surface area contributed by atoms with Gasteiger partial charge in [0.05, 0.1) is 5.60 Å². The highest BCUT2D eigenvalue weighted by Gasteiger charge is 2.39. The Bertz CT molecular complexity index is 637. The van der Waals surface area contributed by atoms with E-state index in [4.69, 9.17) is 0 Å². The number of aliphatic hydroxyl groups is 1. The van der Waals surface area contributed by atoms with Crippen molar-refractivity contribution in [2.45, 2.75) is 44.6 Å². The normalized spacial score (nSPS) is 24.5. The SMILES string of the molecule is CC1CC1C(=O)Nc1cccc(C(=O)N(C)CC2(O)CCCC2)c1. The first-order valence-electron chi connectivity index (χ1n) is 8.77. The summed E-state index contributed by atoms with van der Waals surface area (Å²) in [5.74, 6) is 0.448. The quantitative estimate of drug-likeness (QED) is 0.872. The number of likely N-dealkylation sites (N-methyl/N-ethyl adjacent to an activating group) is 1. The minimum absolute atomic E-state index is 0.0284. The molecule has 2 unspecified atom stereocenters. The van der Waals surface area contributed by atoms with Gasteiger partial charge in [0.15, 0.2) is 0 Å². The number of amides is 2. The summed E-state index contributed by atoms with van der Waals surface area (Å²) in [6, 6.07) is 7.03. The molecular weight excluding hydrogens is 304 g/mol. The third-order valence-corrected chi connectivity index (χ3v) is 5.24. The summed E-state index contributed by atoms with van der Waals surface area (Å²) in [5, 5.41) is 13.4. The number of carbonyl (C=O) groups is 2. The molecule has 2 fully saturated rings. The van der Waals surface area contributed by atoms with Gasteiger partial charge in [0, 0.05) is 30.8 Å². The zero-order valence-electron chi connectivity index (χ0n) is 14.4. The second-order valence-electron chi connectivity index (χ2n) is 7.48. The van der Waals surface area contributed by atoms with Crippen LogP contribution in [0.5, 0.6) is 0 Å². The van der Waals surface area contributed by atoms with Gasteiger partial charge in [-0.1, -0.05) is 25.8 Å². The molecule has 0 aliphatic heterocycles. The van der Waals surface area contributed by atoms with Crippen LogP contribution in [0.4, 0.5) is 5.69 Å². The number of benzene rings is 1. The second kappa shape index (κ2) is 6.55. The van der Waals surface area contributed by atoms with Crippen molar-refractivity contribution >= 4 is 17.5 Å². The number of hydrogen-bond acceptors (Lipinski definition) is 3. The van der Waals surface area contributed by atoms with Crippen LogP contribution in [0, 0.1) is 11.8 Å². The van der Waals surface area contributed by atoms with Gasteiger partial charge >= 0.3 is 0 Å². The summed E-state index contributed by atoms with van der Waals surface area (Å²) in [6.45, 7) is 2.41. The molecule has 0 saturated heterocycles. The Morgan fingerprint density at radius 3 is 2.62 bits per heavy atom. The molecule has 0 radical (unpaired) electrons. The van der Waals surface area contributed by atoms with Gasteiger partial charge in [-0.3, -0.25) is 9.59 Å². The van der Waals surface area contributed by atoms with E-state index in [1.165, 1.54) is 0 Å². The highest BCUT2D eigenvalue weighted by atomic mass is 16.3. The fourth-order valence-electron chi connectivity index (χ4n) is 3.58. The molecule has 24 heavy (non-hydrogen) atoms. The Hall–Kier alpha value is -1.88. The highest BCUT2D eigenvalue weighted by Crippen LogP contribution is 2.38. The maximum Gasteiger partial charge on any atom is 0.253 e. The maximum absolute atomic E-state index is 12.6. The molecule has 2 atom stereocenters. The van der Waals surface area contributed by atoms with Crippen molar-refractivity contribution in [3.63, 3.8) is 0 Å². The lowest BCUT2D eigenvalue weighted by Gasteiger charge is -2.28. The van der Waals surface area contributed by atoms with Gasteiger partial charge in [-0.2, -0.15) is 0 Å². The third-order valence-electron chi connectivity index (χ3n) is 5.24. The topological polar surface area (TPSA) is 69.6 Å². The minimum Gasteiger partial charge on any atom is -0.388 e. The van der Waals surface area contributed by atoms with E-state index in [0.29, 0.717) is 23.7 Å². The molecule has 1 aromatic rings. The zero-order valence-corrected chi connectivity index (χ0v) is 14.4. The van der Waals surface area contributed by atoms with E-state index in [2.05, 4.69) is 12.2 Å². The molecule has 2 aliphatic rings. The Kier molecular flexibility index (Phi) is 4.63. The fraction of sp³-hybridized carbons (Fsp3) is 0.579. The molecular formula is C19H26N2O3. The molecule has 0 aromatic heterocycles. The summed E-state index contributed by atoms with van der Waals surface area (Å²) < 4.78 is 0. The predicted octanol–water partition coefficient (Wildman–Crippen LogP) is 2.66. The van der Waals surface area contributed by atoms with Crippen LogP contribution in [0.2, 0.25) is 0 Å². The van der Waals surface area contributed by atoms with Crippen LogP contribution >= 0.6 is 0 Å². The van der Waals surface area contributed by atoms with Gasteiger partial charge in [0.2, 0.25) is 5.91 Å². The van der Waals surface area contributed by atoms with E-state index in [-0.39, 0.29) is 17.7 Å². The fourth-order valence-corrected chi connectivity index (χ4v) is 3.58. The highest BCUT2D eigenvalue weighted by molar-refractivity contribution is 5.98. The maximum atomic E-state index is 12.6. The van der Waals surface area contributed by atoms with Crippen molar-refractivity contribution < 1.29 is 14.7 Å². The van der Waals surface area contributed by atoms with Crippen LogP contribution in [0.3, 0.4) is 0 Å². The van der Waals surface area contributed by atoms with Crippen LogP contribution < -0.4 is 5.32 Å². The van der Waals surface area contributed by atoms with E-state index in [9.17, 15) is 14.7 Å². The average molecular weight is 330 g/mol. The lowest BCUT2D eigenvalue weighted by Crippen LogP contribution is -2.42. The first-order valence-corrected chi connectivity index (χ1v) is 8.77. The smallest absolute Gasteiger partial charge is 0.253 e. The Morgan fingerprint density at radius 1 is 1.33 bits per heavy atom. The lowest BCUT2D eigenvalue weighted by atomic mass is 10.0. The number of nitrogens with one attached hydrogen (secondary N) is 1. The van der Waals surface area contributed by atoms with Gasteiger partial charge in [0.1, 0.15) is 0 Å². The summed E-state index contributed by atoms with van der Waals surface area (Å²) in [7, 11) is 1.72. The van der Waals surface area contributed by atoms with E-state index in [1.54, 1.807) is 36.2 Å². The summed E-state index contributed by atoms with van der Waals surface area (Å²) in [6.07, 6.45) is 4.46. The van der Waals surface area contributed by atoms with E-state index in [0.717, 1.165) is 32.1 Å². The molecule has 0 spiro atoms. The predicted molar refractivity (Wildman–Crippen MR) is 92.7 cm³/mol. The molecule has 1 aromatic carbocycles. The van der Waals surface area contributed by atoms with Crippen molar-refractivity contribution in [3.05, 3.63) is 29.8 Å². The third kappa shape index (κ3) is 3.78. The summed E-state index contributed by atoms with van der Waals surface area (Å²) in [5.41, 5.74) is 0.428. The van der Waals surface area contributed by atoms with Crippen LogP contribution in [0.1, 0.15) is 49.4 Å². The van der Waals surface area contributed by atoms with Gasteiger partial charge in [0.25, 0.3) is 5.91 Å². The van der Waals surface area contributed by atoms with Crippen LogP contribution in [-0.2, 0) is 4.79 Å². The number of anilines is 1. The largest absolute Gasteiger partial charge is 0.388 e. The van der Waals surface area contributed by atoms with Gasteiger partial charge in [-0.25, -0.2) is 0 Å². The molecule has 2 saturated carbocycles. The van der Waals surface area contributed by atoms with Crippen molar-refractivity contribution in [2.24, 2.45) is 11.8 Å². The van der Waals surface area contributed by atoms with Crippen molar-refractivity contribution in [2.75, 3.05) is 18.9 Å². The molecule has 0 heterocycles. The zero-order chi connectivity index (χ0) is 17.3. The van der Waals surface area contributed by atoms with Crippen LogP contribution in [0.15, 0.2) is 24.3 Å². The number of nitrogens with zero attached hydrogens (tertiary/aromatic N) is 1. The lowest BCUT2D eigenvalue weighted by molar-refractivity contribution is -0.117. The molecule has 130 valence electrons. The standard InChI is InChI=1S/C19H26N2O3/c1-13-10-16(13)17(22)20-15-7-5-6-14(11-15)18(23)21(2)12-19(24)8-3-4-9-19/h5-7,11,13,16,24H,3-4,8-10,12H2,1-2H3,(H,20,22). The van der Waals surface area contributed by atoms with Gasteiger partial charge in [-0.05, 0) is 43.4 Å². The van der Waals surface area contributed by atoms with Crippen LogP contribution in [0.25, 0.3) is 0 Å². The van der Waals surface area contributed by atoms with Crippen LogP contribution in [-0.4, -0.2) is 41.0 Å². The molecule has 5 heteroatoms. The molecule has 2 aliphatic carbocycles. The van der Waals surface area contributed by atoms with Crippen molar-refractivity contribution in [1.82, 2.24) is 4.90 Å². The van der Waals surface area contributed by atoms with Gasteiger partial charge < -0.3 is 15.3 Å².